The quantitative estimate of drug-likeness (QED) is 0.296. The molecular weight excluding hydrogens is 434 g/mol. The van der Waals surface area contributed by atoms with Crippen molar-refractivity contribution in [3.05, 3.63) is 113 Å². The number of tetrazole rings is 1. The van der Waals surface area contributed by atoms with E-state index < -0.39 is 0 Å². The molecule has 0 amide bonds. The molecule has 0 radical (unpaired) electrons. The number of nitrogens with zero attached hydrogens (tertiary/aromatic N) is 5. The molecule has 6 nitrogen and oxygen atoms in total. The van der Waals surface area contributed by atoms with Crippen molar-refractivity contribution in [2.24, 2.45) is 0 Å². The van der Waals surface area contributed by atoms with E-state index in [2.05, 4.69) is 38.7 Å². The summed E-state index contributed by atoms with van der Waals surface area (Å²) in [7, 11) is 0. The van der Waals surface area contributed by atoms with E-state index in [0.29, 0.717) is 18.2 Å². The highest BCUT2D eigenvalue weighted by Gasteiger charge is 2.07. The molecule has 0 fully saturated rings. The molecule has 0 saturated heterocycles. The normalized spacial score (nSPS) is 11.6. The zero-order chi connectivity index (χ0) is 22.5. The van der Waals surface area contributed by atoms with Crippen molar-refractivity contribution in [3.63, 3.8) is 0 Å². The zero-order valence-corrected chi connectivity index (χ0v) is 18.4. The number of ether oxygens (including phenoxy) is 1. The zero-order valence-electron chi connectivity index (χ0n) is 17.7. The van der Waals surface area contributed by atoms with Crippen LogP contribution in [0.4, 0.5) is 0 Å². The van der Waals surface area contributed by atoms with Crippen LogP contribution in [0.3, 0.4) is 0 Å². The molecule has 7 heteroatoms. The lowest BCUT2D eigenvalue weighted by molar-refractivity contribution is 0.302. The fraction of sp³-hybridized carbons (Fsp3) is 0.0769. The highest BCUT2D eigenvalue weighted by atomic mass is 35.5. The summed E-state index contributed by atoms with van der Waals surface area (Å²) in [6.07, 6.45) is 3.70. The van der Waals surface area contributed by atoms with E-state index in [-0.39, 0.29) is 0 Å². The van der Waals surface area contributed by atoms with Crippen LogP contribution in [-0.2, 0) is 13.2 Å². The van der Waals surface area contributed by atoms with Gasteiger partial charge in [0.1, 0.15) is 18.7 Å². The van der Waals surface area contributed by atoms with E-state index >= 15 is 0 Å². The molecule has 0 aliphatic rings. The first-order valence-corrected chi connectivity index (χ1v) is 10.9. The topological polar surface area (TPSA) is 65.7 Å². The Bertz CT molecular complexity index is 1380. The van der Waals surface area contributed by atoms with Crippen molar-refractivity contribution in [1.82, 2.24) is 25.2 Å². The maximum Gasteiger partial charge on any atom is 0.138 e. The van der Waals surface area contributed by atoms with Gasteiger partial charge >= 0.3 is 0 Å². The predicted molar refractivity (Wildman–Crippen MR) is 130 cm³/mol. The van der Waals surface area contributed by atoms with Crippen LogP contribution in [0.5, 0.6) is 5.75 Å². The molecule has 5 rings (SSSR count). The fourth-order valence-electron chi connectivity index (χ4n) is 3.52. The van der Waals surface area contributed by atoms with Crippen molar-refractivity contribution >= 4 is 34.2 Å². The third-order valence-corrected chi connectivity index (χ3v) is 5.45. The average Bonchev–Trinajstić information content (AvgIpc) is 3.37. The molecule has 0 atom stereocenters. The number of fused-ring (bicyclic) bond motifs is 1. The molecule has 0 spiro atoms. The van der Waals surface area contributed by atoms with Gasteiger partial charge in [0.05, 0.1) is 17.8 Å². The largest absolute Gasteiger partial charge is 0.487 e. The highest BCUT2D eigenvalue weighted by molar-refractivity contribution is 6.30. The maximum atomic E-state index is 6.03. The Morgan fingerprint density at radius 3 is 2.52 bits per heavy atom. The third kappa shape index (κ3) is 5.25. The molecule has 2 heterocycles. The Balaban J connectivity index is 1.34. The Hall–Kier alpha value is -4.03. The Labute approximate surface area is 196 Å². The first-order valence-electron chi connectivity index (χ1n) is 10.5. The van der Waals surface area contributed by atoms with E-state index in [1.54, 1.807) is 11.0 Å². The lowest BCUT2D eigenvalue weighted by atomic mass is 10.0. The Morgan fingerprint density at radius 1 is 0.909 bits per heavy atom. The second-order valence-electron chi connectivity index (χ2n) is 7.54. The van der Waals surface area contributed by atoms with Crippen molar-refractivity contribution in [3.8, 4) is 5.75 Å². The lowest BCUT2D eigenvalue weighted by Crippen LogP contribution is -2.02. The summed E-state index contributed by atoms with van der Waals surface area (Å²) >= 11 is 6.03. The molecule has 0 saturated carbocycles. The third-order valence-electron chi connectivity index (χ3n) is 5.20. The highest BCUT2D eigenvalue weighted by Crippen LogP contribution is 2.24. The van der Waals surface area contributed by atoms with Gasteiger partial charge in [-0.3, -0.25) is 0 Å². The van der Waals surface area contributed by atoms with Gasteiger partial charge < -0.3 is 4.74 Å². The summed E-state index contributed by atoms with van der Waals surface area (Å²) in [5, 5.41) is 13.3. The summed E-state index contributed by atoms with van der Waals surface area (Å²) in [6, 6.07) is 27.8. The van der Waals surface area contributed by atoms with Crippen LogP contribution >= 0.6 is 11.6 Å². The summed E-state index contributed by atoms with van der Waals surface area (Å²) in [5.41, 5.74) is 5.02. The van der Waals surface area contributed by atoms with Crippen molar-refractivity contribution in [2.45, 2.75) is 13.2 Å². The minimum Gasteiger partial charge on any atom is -0.487 e. The summed E-state index contributed by atoms with van der Waals surface area (Å²) < 4.78 is 7.67. The number of pyridine rings is 1. The van der Waals surface area contributed by atoms with Gasteiger partial charge in [-0.25, -0.2) is 9.67 Å². The van der Waals surface area contributed by atoms with Gasteiger partial charge in [0.2, 0.25) is 0 Å². The summed E-state index contributed by atoms with van der Waals surface area (Å²) in [6.45, 7) is 0.944. The van der Waals surface area contributed by atoms with Gasteiger partial charge in [-0.2, -0.15) is 0 Å². The number of hydrogen-bond acceptors (Lipinski definition) is 5. The number of halogens is 1. The van der Waals surface area contributed by atoms with E-state index in [4.69, 9.17) is 16.3 Å². The van der Waals surface area contributed by atoms with Crippen molar-refractivity contribution in [2.75, 3.05) is 0 Å². The Morgan fingerprint density at radius 2 is 1.73 bits per heavy atom. The number of para-hydroxylation sites is 1. The molecule has 0 bridgehead atoms. The monoisotopic (exact) mass is 453 g/mol. The number of benzene rings is 3. The molecule has 0 aliphatic heterocycles. The maximum absolute atomic E-state index is 6.03. The van der Waals surface area contributed by atoms with E-state index in [0.717, 1.165) is 39.0 Å². The smallest absolute Gasteiger partial charge is 0.138 e. The average molecular weight is 454 g/mol. The van der Waals surface area contributed by atoms with Crippen LogP contribution in [-0.4, -0.2) is 25.2 Å². The standard InChI is InChI=1S/C26H20ClN5O/c27-23-10-5-19(6-11-23)15-22(16-32-18-28-30-31-32)20-8-13-25(14-9-20)33-17-24-12-7-21-3-1-2-4-26(21)29-24/h1-15,18H,16-17H2. The first-order chi connectivity index (χ1) is 16.2. The second kappa shape index (κ2) is 9.63. The van der Waals surface area contributed by atoms with Crippen LogP contribution in [0.2, 0.25) is 5.02 Å². The number of rotatable bonds is 7. The molecule has 162 valence electrons. The van der Waals surface area contributed by atoms with Crippen LogP contribution in [0.15, 0.2) is 91.3 Å². The number of allylic oxidation sites excluding steroid dienone is 1. The molecule has 0 N–H and O–H groups in total. The van der Waals surface area contributed by atoms with Gasteiger partial charge in [0.15, 0.2) is 0 Å². The second-order valence-corrected chi connectivity index (χ2v) is 7.97. The minimum atomic E-state index is 0.405. The van der Waals surface area contributed by atoms with Gasteiger partial charge in [0, 0.05) is 10.4 Å². The molecule has 0 unspecified atom stereocenters. The minimum absolute atomic E-state index is 0.405. The molecule has 33 heavy (non-hydrogen) atoms. The summed E-state index contributed by atoms with van der Waals surface area (Å²) in [5.74, 6) is 0.780. The van der Waals surface area contributed by atoms with Crippen LogP contribution in [0.25, 0.3) is 22.6 Å². The molecule has 3 aromatic carbocycles. The van der Waals surface area contributed by atoms with E-state index in [1.807, 2.05) is 72.8 Å². The molecule has 0 aliphatic carbocycles. The lowest BCUT2D eigenvalue weighted by Gasteiger charge is -2.11. The van der Waals surface area contributed by atoms with E-state index in [1.165, 1.54) is 0 Å². The van der Waals surface area contributed by atoms with Gasteiger partial charge in [-0.15, -0.1) is 5.10 Å². The molecular formula is C26H20ClN5O. The predicted octanol–water partition coefficient (Wildman–Crippen LogP) is 5.69. The van der Waals surface area contributed by atoms with Crippen LogP contribution in [0, 0.1) is 0 Å². The van der Waals surface area contributed by atoms with Gasteiger partial charge in [0.25, 0.3) is 0 Å². The van der Waals surface area contributed by atoms with Crippen molar-refractivity contribution in [1.29, 1.82) is 0 Å². The van der Waals surface area contributed by atoms with Crippen LogP contribution < -0.4 is 4.74 Å². The van der Waals surface area contributed by atoms with E-state index in [9.17, 15) is 0 Å². The molecule has 5 aromatic rings. The van der Waals surface area contributed by atoms with Gasteiger partial charge in [-0.05, 0) is 69.6 Å². The van der Waals surface area contributed by atoms with Gasteiger partial charge in [-0.1, -0.05) is 60.1 Å². The van der Waals surface area contributed by atoms with Crippen LogP contribution in [0.1, 0.15) is 16.8 Å². The SMILES string of the molecule is Clc1ccc(C=C(Cn2cnnn2)c2ccc(OCc3ccc4ccccc4n3)cc2)cc1. The number of hydrogen-bond donors (Lipinski definition) is 0. The number of aromatic nitrogens is 5. The first kappa shape index (κ1) is 20.8. The fourth-order valence-corrected chi connectivity index (χ4v) is 3.64. The van der Waals surface area contributed by atoms with Crippen molar-refractivity contribution < 1.29 is 4.74 Å². The summed E-state index contributed by atoms with van der Waals surface area (Å²) in [4.78, 5) is 4.67. The molecule has 2 aromatic heterocycles. The Kier molecular flexibility index (Phi) is 6.08.